The lowest BCUT2D eigenvalue weighted by molar-refractivity contribution is -0.911. The lowest BCUT2D eigenvalue weighted by atomic mass is 10.3. The van der Waals surface area contributed by atoms with Crippen LogP contribution in [0.25, 0.3) is 0 Å². The zero-order valence-electron chi connectivity index (χ0n) is 11.1. The summed E-state index contributed by atoms with van der Waals surface area (Å²) in [6.07, 6.45) is -0.379. The Kier molecular flexibility index (Phi) is 6.15. The van der Waals surface area contributed by atoms with Gasteiger partial charge in [0.25, 0.3) is 7.82 Å². The molecule has 0 saturated carbocycles. The molecule has 5 nitrogen and oxygen atoms in total. The number of nitrogens with zero attached hydrogens (tertiary/aromatic N) is 1. The largest absolute Gasteiger partial charge is 0.756 e. The van der Waals surface area contributed by atoms with Gasteiger partial charge in [0, 0.05) is 0 Å². The van der Waals surface area contributed by atoms with Crippen molar-refractivity contribution in [2.75, 3.05) is 27.2 Å². The molecular formula is C10H24NO4P. The summed E-state index contributed by atoms with van der Waals surface area (Å²) in [5.74, 6) is 0. The highest BCUT2D eigenvalue weighted by Crippen LogP contribution is 2.39. The molecule has 1 atom stereocenters. The van der Waals surface area contributed by atoms with Crippen LogP contribution in [0.15, 0.2) is 0 Å². The molecule has 0 saturated heterocycles. The van der Waals surface area contributed by atoms with Crippen molar-refractivity contribution in [1.29, 1.82) is 0 Å². The van der Waals surface area contributed by atoms with Gasteiger partial charge in [0.15, 0.2) is 0 Å². The Hall–Kier alpha value is 0.0700. The third-order valence-electron chi connectivity index (χ3n) is 2.65. The highest BCUT2D eigenvalue weighted by molar-refractivity contribution is 7.45. The van der Waals surface area contributed by atoms with Crippen LogP contribution in [0.4, 0.5) is 0 Å². The maximum absolute atomic E-state index is 11.3. The Bertz CT molecular complexity index is 253. The zero-order valence-corrected chi connectivity index (χ0v) is 12.0. The molecule has 0 fully saturated rings. The SMILES string of the molecule is CC(C)OP(=O)([O-])OCC[N+](C)(C)C(C)C. The summed E-state index contributed by atoms with van der Waals surface area (Å²) in [6.45, 7) is 8.26. The van der Waals surface area contributed by atoms with E-state index in [9.17, 15) is 9.46 Å². The van der Waals surface area contributed by atoms with Gasteiger partial charge in [-0.2, -0.15) is 0 Å². The van der Waals surface area contributed by atoms with E-state index >= 15 is 0 Å². The molecule has 0 aromatic carbocycles. The van der Waals surface area contributed by atoms with Crippen molar-refractivity contribution in [3.8, 4) is 0 Å². The van der Waals surface area contributed by atoms with Gasteiger partial charge in [0.05, 0.1) is 26.2 Å². The summed E-state index contributed by atoms with van der Waals surface area (Å²) >= 11 is 0. The first-order valence-electron chi connectivity index (χ1n) is 5.53. The van der Waals surface area contributed by atoms with Crippen molar-refractivity contribution < 1.29 is 23.0 Å². The molecule has 0 bridgehead atoms. The predicted octanol–water partition coefficient (Wildman–Crippen LogP) is 1.38. The molecule has 0 spiro atoms. The van der Waals surface area contributed by atoms with E-state index < -0.39 is 7.82 Å². The van der Waals surface area contributed by atoms with Crippen LogP contribution in [-0.2, 0) is 13.6 Å². The molecule has 16 heavy (non-hydrogen) atoms. The lowest BCUT2D eigenvalue weighted by Crippen LogP contribution is -2.47. The molecule has 0 aliphatic heterocycles. The van der Waals surface area contributed by atoms with Gasteiger partial charge in [-0.05, 0) is 27.7 Å². The second-order valence-corrected chi connectivity index (χ2v) is 6.39. The van der Waals surface area contributed by atoms with Gasteiger partial charge in [-0.15, -0.1) is 0 Å². The number of quaternary nitrogens is 1. The second kappa shape index (κ2) is 6.12. The molecule has 98 valence electrons. The Morgan fingerprint density at radius 3 is 2.12 bits per heavy atom. The first-order chi connectivity index (χ1) is 7.07. The lowest BCUT2D eigenvalue weighted by Gasteiger charge is -2.35. The topological polar surface area (TPSA) is 58.6 Å². The molecule has 0 aromatic heterocycles. The van der Waals surface area contributed by atoms with Crippen LogP contribution in [0.5, 0.6) is 0 Å². The quantitative estimate of drug-likeness (QED) is 0.508. The zero-order chi connectivity index (χ0) is 13.0. The average molecular weight is 253 g/mol. The van der Waals surface area contributed by atoms with Crippen LogP contribution in [0, 0.1) is 0 Å². The van der Waals surface area contributed by atoms with Crippen LogP contribution in [0.1, 0.15) is 27.7 Å². The van der Waals surface area contributed by atoms with Crippen LogP contribution < -0.4 is 4.89 Å². The Morgan fingerprint density at radius 2 is 1.75 bits per heavy atom. The first-order valence-corrected chi connectivity index (χ1v) is 6.99. The normalized spacial score (nSPS) is 16.8. The van der Waals surface area contributed by atoms with Crippen LogP contribution in [-0.4, -0.2) is 43.9 Å². The smallest absolute Gasteiger partial charge is 0.268 e. The molecule has 0 aliphatic carbocycles. The van der Waals surface area contributed by atoms with Gasteiger partial charge in [-0.25, -0.2) is 0 Å². The Balaban J connectivity index is 4.03. The number of likely N-dealkylation sites (N-methyl/N-ethyl adjacent to an activating group) is 1. The molecule has 0 amide bonds. The van der Waals surface area contributed by atoms with Gasteiger partial charge >= 0.3 is 0 Å². The fourth-order valence-corrected chi connectivity index (χ4v) is 1.82. The van der Waals surface area contributed by atoms with Crippen LogP contribution in [0.2, 0.25) is 0 Å². The van der Waals surface area contributed by atoms with E-state index in [1.807, 2.05) is 14.1 Å². The van der Waals surface area contributed by atoms with Crippen molar-refractivity contribution in [3.05, 3.63) is 0 Å². The third kappa shape index (κ3) is 6.61. The molecule has 0 radical (unpaired) electrons. The maximum Gasteiger partial charge on any atom is 0.268 e. The highest BCUT2D eigenvalue weighted by atomic mass is 31.2. The Labute approximate surface area is 98.6 Å². The molecular weight excluding hydrogens is 229 g/mol. The van der Waals surface area contributed by atoms with Gasteiger partial charge < -0.3 is 18.4 Å². The maximum atomic E-state index is 11.3. The van der Waals surface area contributed by atoms with Crippen molar-refractivity contribution >= 4 is 7.82 Å². The summed E-state index contributed by atoms with van der Waals surface area (Å²) in [7, 11) is -0.0554. The van der Waals surface area contributed by atoms with Crippen molar-refractivity contribution in [2.24, 2.45) is 0 Å². The van der Waals surface area contributed by atoms with E-state index in [0.29, 0.717) is 17.1 Å². The standard InChI is InChI=1S/C10H24NO4P/c1-9(2)11(5,6)7-8-14-16(12,13)15-10(3)4/h9-10H,7-8H2,1-6H3. The van der Waals surface area contributed by atoms with E-state index in [1.54, 1.807) is 13.8 Å². The molecule has 0 aliphatic rings. The van der Waals surface area contributed by atoms with Crippen LogP contribution in [0.3, 0.4) is 0 Å². The second-order valence-electron chi connectivity index (χ2n) is 5.03. The summed E-state index contributed by atoms with van der Waals surface area (Å²) in [5.41, 5.74) is 0. The number of hydrogen-bond donors (Lipinski definition) is 0. The van der Waals surface area contributed by atoms with Crippen LogP contribution >= 0.6 is 7.82 Å². The van der Waals surface area contributed by atoms with Crippen molar-refractivity contribution in [2.45, 2.75) is 39.8 Å². The number of phosphoric ester groups is 1. The monoisotopic (exact) mass is 253 g/mol. The predicted molar refractivity (Wildman–Crippen MR) is 61.9 cm³/mol. The third-order valence-corrected chi connectivity index (χ3v) is 3.83. The molecule has 0 heterocycles. The molecule has 1 unspecified atom stereocenters. The van der Waals surface area contributed by atoms with E-state index in [0.717, 1.165) is 0 Å². The summed E-state index contributed by atoms with van der Waals surface area (Å²) in [6, 6.07) is 0.417. The fourth-order valence-electron chi connectivity index (χ4n) is 0.935. The van der Waals surface area contributed by atoms with E-state index in [2.05, 4.69) is 18.4 Å². The molecule has 0 aromatic rings. The average Bonchev–Trinajstić information content (AvgIpc) is 1.99. The summed E-state index contributed by atoms with van der Waals surface area (Å²) < 4.78 is 21.5. The highest BCUT2D eigenvalue weighted by Gasteiger charge is 2.21. The summed E-state index contributed by atoms with van der Waals surface area (Å²) in [5, 5.41) is 0. The minimum atomic E-state index is -4.12. The Morgan fingerprint density at radius 1 is 1.25 bits per heavy atom. The molecule has 0 N–H and O–H groups in total. The summed E-state index contributed by atoms with van der Waals surface area (Å²) in [4.78, 5) is 11.3. The van der Waals surface area contributed by atoms with Crippen molar-refractivity contribution in [3.63, 3.8) is 0 Å². The van der Waals surface area contributed by atoms with E-state index in [-0.39, 0.29) is 12.7 Å². The molecule has 0 rings (SSSR count). The van der Waals surface area contributed by atoms with Gasteiger partial charge in [-0.1, -0.05) is 0 Å². The minimum Gasteiger partial charge on any atom is -0.756 e. The molecule has 6 heteroatoms. The number of phosphoric acid groups is 1. The number of rotatable bonds is 7. The van der Waals surface area contributed by atoms with Gasteiger partial charge in [0.1, 0.15) is 13.2 Å². The fraction of sp³-hybridized carbons (Fsp3) is 1.00. The minimum absolute atomic E-state index is 0.151. The number of hydrogen-bond acceptors (Lipinski definition) is 4. The van der Waals surface area contributed by atoms with E-state index in [1.165, 1.54) is 0 Å². The van der Waals surface area contributed by atoms with Gasteiger partial charge in [-0.3, -0.25) is 4.57 Å². The van der Waals surface area contributed by atoms with E-state index in [4.69, 9.17) is 4.52 Å². The first kappa shape index (κ1) is 16.1. The van der Waals surface area contributed by atoms with Gasteiger partial charge in [0.2, 0.25) is 0 Å². The van der Waals surface area contributed by atoms with Crippen molar-refractivity contribution in [1.82, 2.24) is 0 Å².